The molecule has 1 unspecified atom stereocenters. The summed E-state index contributed by atoms with van der Waals surface area (Å²) in [5.41, 5.74) is 4.15. The lowest BCUT2D eigenvalue weighted by Crippen LogP contribution is -2.26. The van der Waals surface area contributed by atoms with Crippen LogP contribution in [-0.4, -0.2) is 18.6 Å². The van der Waals surface area contributed by atoms with Gasteiger partial charge in [0.15, 0.2) is 0 Å². The molecule has 0 spiro atoms. The average Bonchev–Trinajstić information content (AvgIpc) is 3.12. The second kappa shape index (κ2) is 7.49. The minimum absolute atomic E-state index is 0.0579. The van der Waals surface area contributed by atoms with Crippen LogP contribution in [0.25, 0.3) is 0 Å². The van der Waals surface area contributed by atoms with Crippen LogP contribution < -0.4 is 10.6 Å². The van der Waals surface area contributed by atoms with Crippen molar-refractivity contribution in [1.29, 1.82) is 0 Å². The number of ether oxygens (including phenoxy) is 1. The second-order valence-electron chi connectivity index (χ2n) is 6.47. The molecule has 0 bridgehead atoms. The molecule has 126 valence electrons. The Labute approximate surface area is 143 Å². The monoisotopic (exact) mass is 324 g/mol. The second-order valence-corrected chi connectivity index (χ2v) is 6.47. The summed E-state index contributed by atoms with van der Waals surface area (Å²) < 4.78 is 5.39. The zero-order valence-corrected chi connectivity index (χ0v) is 14.2. The fourth-order valence-electron chi connectivity index (χ4n) is 2.76. The minimum atomic E-state index is -0.303. The average molecular weight is 324 g/mol. The Morgan fingerprint density at radius 1 is 1.00 bits per heavy atom. The molecule has 2 aromatic rings. The maximum Gasteiger partial charge on any atom is 0.253 e. The number of nitrogens with one attached hydrogen (secondary N) is 2. The lowest BCUT2D eigenvalue weighted by atomic mass is 10.0. The number of anilines is 3. The normalized spacial score (nSPS) is 17.0. The molecular weight excluding hydrogens is 300 g/mol. The Morgan fingerprint density at radius 2 is 1.58 bits per heavy atom. The smallest absolute Gasteiger partial charge is 0.253 e. The molecule has 2 N–H and O–H groups in total. The van der Waals surface area contributed by atoms with Crippen molar-refractivity contribution < 1.29 is 9.53 Å². The number of hydrogen-bond donors (Lipinski definition) is 2. The quantitative estimate of drug-likeness (QED) is 0.840. The number of amides is 1. The molecule has 24 heavy (non-hydrogen) atoms. The van der Waals surface area contributed by atoms with Crippen LogP contribution >= 0.6 is 0 Å². The van der Waals surface area contributed by atoms with Gasteiger partial charge in [-0.3, -0.25) is 4.79 Å². The number of carbonyl (C=O) groups is 1. The van der Waals surface area contributed by atoms with Gasteiger partial charge in [-0.05, 0) is 60.7 Å². The van der Waals surface area contributed by atoms with Gasteiger partial charge in [0.1, 0.15) is 6.10 Å². The molecule has 0 aromatic heterocycles. The Balaban J connectivity index is 1.58. The summed E-state index contributed by atoms with van der Waals surface area (Å²) in [6, 6.07) is 16.2. The molecule has 1 aliphatic rings. The zero-order chi connectivity index (χ0) is 16.9. The van der Waals surface area contributed by atoms with E-state index in [9.17, 15) is 4.79 Å². The summed E-state index contributed by atoms with van der Waals surface area (Å²) in [5.74, 6) is 0.475. The van der Waals surface area contributed by atoms with Gasteiger partial charge in [0.2, 0.25) is 0 Å². The van der Waals surface area contributed by atoms with Gasteiger partial charge in [-0.25, -0.2) is 0 Å². The fraction of sp³-hybridized carbons (Fsp3) is 0.350. The van der Waals surface area contributed by atoms with Crippen LogP contribution in [0.5, 0.6) is 0 Å². The molecule has 1 fully saturated rings. The summed E-state index contributed by atoms with van der Waals surface area (Å²) in [4.78, 5) is 12.0. The summed E-state index contributed by atoms with van der Waals surface area (Å²) in [5, 5.41) is 6.27. The van der Waals surface area contributed by atoms with Gasteiger partial charge in [0.05, 0.1) is 0 Å². The topological polar surface area (TPSA) is 50.4 Å². The predicted octanol–water partition coefficient (Wildman–Crippen LogP) is 4.67. The van der Waals surface area contributed by atoms with Gasteiger partial charge < -0.3 is 15.4 Å². The maximum atomic E-state index is 12.0. The van der Waals surface area contributed by atoms with Crippen molar-refractivity contribution in [3.05, 3.63) is 54.1 Å². The molecule has 1 amide bonds. The van der Waals surface area contributed by atoms with E-state index in [4.69, 9.17) is 4.74 Å². The first-order chi connectivity index (χ1) is 11.6. The van der Waals surface area contributed by atoms with Crippen LogP contribution in [0.4, 0.5) is 17.1 Å². The van der Waals surface area contributed by atoms with E-state index < -0.39 is 0 Å². The highest BCUT2D eigenvalue weighted by molar-refractivity contribution is 5.94. The van der Waals surface area contributed by atoms with Gasteiger partial charge >= 0.3 is 0 Å². The van der Waals surface area contributed by atoms with Crippen molar-refractivity contribution in [3.63, 3.8) is 0 Å². The van der Waals surface area contributed by atoms with Crippen LogP contribution in [0.15, 0.2) is 48.5 Å². The lowest BCUT2D eigenvalue weighted by molar-refractivity contribution is -0.124. The third-order valence-electron chi connectivity index (χ3n) is 4.24. The Hall–Kier alpha value is -2.33. The van der Waals surface area contributed by atoms with Gasteiger partial charge in [-0.2, -0.15) is 0 Å². The minimum Gasteiger partial charge on any atom is -0.368 e. The van der Waals surface area contributed by atoms with Crippen LogP contribution in [-0.2, 0) is 9.53 Å². The first-order valence-corrected chi connectivity index (χ1v) is 8.51. The lowest BCUT2D eigenvalue weighted by Gasteiger charge is -2.12. The molecular formula is C20H24N2O2. The molecule has 0 saturated carbocycles. The van der Waals surface area contributed by atoms with E-state index in [0.717, 1.165) is 29.9 Å². The van der Waals surface area contributed by atoms with Gasteiger partial charge in [0.25, 0.3) is 5.91 Å². The fourth-order valence-corrected chi connectivity index (χ4v) is 2.76. The molecule has 1 saturated heterocycles. The summed E-state index contributed by atoms with van der Waals surface area (Å²) >= 11 is 0. The largest absolute Gasteiger partial charge is 0.368 e. The van der Waals surface area contributed by atoms with Crippen LogP contribution in [0.1, 0.15) is 38.2 Å². The predicted molar refractivity (Wildman–Crippen MR) is 97.9 cm³/mol. The van der Waals surface area contributed by atoms with E-state index in [-0.39, 0.29) is 12.0 Å². The highest BCUT2D eigenvalue weighted by Gasteiger charge is 2.23. The Morgan fingerprint density at radius 3 is 2.12 bits per heavy atom. The van der Waals surface area contributed by atoms with Gasteiger partial charge in [-0.15, -0.1) is 0 Å². The standard InChI is InChI=1S/C20H24N2O2/c1-14(2)15-5-7-16(8-6-15)21-17-9-11-18(12-10-17)22-20(23)19-4-3-13-24-19/h5-12,14,19,21H,3-4,13H2,1-2H3,(H,22,23). The Bertz CT molecular complexity index is 672. The molecule has 1 heterocycles. The summed E-state index contributed by atoms with van der Waals surface area (Å²) in [6.07, 6.45) is 1.45. The van der Waals surface area contributed by atoms with E-state index >= 15 is 0 Å². The molecule has 3 rings (SSSR count). The van der Waals surface area contributed by atoms with Crippen LogP contribution in [0.3, 0.4) is 0 Å². The van der Waals surface area contributed by atoms with Crippen molar-refractivity contribution in [3.8, 4) is 0 Å². The molecule has 0 aliphatic carbocycles. The van der Waals surface area contributed by atoms with E-state index in [0.29, 0.717) is 12.5 Å². The third-order valence-corrected chi connectivity index (χ3v) is 4.24. The highest BCUT2D eigenvalue weighted by atomic mass is 16.5. The Kier molecular flexibility index (Phi) is 5.16. The number of hydrogen-bond acceptors (Lipinski definition) is 3. The number of benzene rings is 2. The summed E-state index contributed by atoms with van der Waals surface area (Å²) in [7, 11) is 0. The van der Waals surface area contributed by atoms with Crippen molar-refractivity contribution >= 4 is 23.0 Å². The maximum absolute atomic E-state index is 12.0. The van der Waals surface area contributed by atoms with E-state index in [2.05, 4.69) is 48.7 Å². The van der Waals surface area contributed by atoms with Crippen molar-refractivity contribution in [2.75, 3.05) is 17.2 Å². The van der Waals surface area contributed by atoms with Crippen LogP contribution in [0.2, 0.25) is 0 Å². The van der Waals surface area contributed by atoms with Crippen molar-refractivity contribution in [2.24, 2.45) is 0 Å². The molecule has 2 aromatic carbocycles. The first kappa shape index (κ1) is 16.5. The van der Waals surface area contributed by atoms with E-state index in [1.165, 1.54) is 5.56 Å². The molecule has 4 nitrogen and oxygen atoms in total. The van der Waals surface area contributed by atoms with Gasteiger partial charge in [-0.1, -0.05) is 26.0 Å². The molecule has 4 heteroatoms. The third kappa shape index (κ3) is 4.15. The van der Waals surface area contributed by atoms with Crippen LogP contribution in [0, 0.1) is 0 Å². The SMILES string of the molecule is CC(C)c1ccc(Nc2ccc(NC(=O)C3CCCO3)cc2)cc1. The number of carbonyl (C=O) groups excluding carboxylic acids is 1. The molecule has 0 radical (unpaired) electrons. The highest BCUT2D eigenvalue weighted by Crippen LogP contribution is 2.22. The molecule has 1 aliphatic heterocycles. The van der Waals surface area contributed by atoms with E-state index in [1.54, 1.807) is 0 Å². The summed E-state index contributed by atoms with van der Waals surface area (Å²) in [6.45, 7) is 5.05. The zero-order valence-electron chi connectivity index (χ0n) is 14.2. The van der Waals surface area contributed by atoms with Crippen molar-refractivity contribution in [1.82, 2.24) is 0 Å². The first-order valence-electron chi connectivity index (χ1n) is 8.51. The van der Waals surface area contributed by atoms with Crippen molar-refractivity contribution in [2.45, 2.75) is 38.7 Å². The van der Waals surface area contributed by atoms with Gasteiger partial charge in [0, 0.05) is 23.7 Å². The molecule has 1 atom stereocenters. The number of rotatable bonds is 5. The van der Waals surface area contributed by atoms with E-state index in [1.807, 2.05) is 24.3 Å².